The van der Waals surface area contributed by atoms with Gasteiger partial charge in [-0.3, -0.25) is 9.36 Å². The number of nitrogens with zero attached hydrogens (tertiary/aromatic N) is 1. The first kappa shape index (κ1) is 15.7. The van der Waals surface area contributed by atoms with Crippen LogP contribution in [0.3, 0.4) is 0 Å². The quantitative estimate of drug-likeness (QED) is 0.751. The Morgan fingerprint density at radius 3 is 2.75 bits per heavy atom. The van der Waals surface area contributed by atoms with Crippen LogP contribution in [0.15, 0.2) is 57.2 Å². The number of nitrogens with one attached hydrogen (secondary N) is 1. The summed E-state index contributed by atoms with van der Waals surface area (Å²) in [5.74, 6) is -1.21. The average molecular weight is 326 g/mol. The van der Waals surface area contributed by atoms with Gasteiger partial charge < -0.3 is 9.73 Å². The molecule has 0 unspecified atom stereocenters. The van der Waals surface area contributed by atoms with Gasteiger partial charge >= 0.3 is 5.76 Å². The number of aromatic nitrogens is 1. The van der Waals surface area contributed by atoms with Crippen molar-refractivity contribution in [3.63, 3.8) is 0 Å². The first-order valence-corrected chi connectivity index (χ1v) is 7.29. The van der Waals surface area contributed by atoms with Crippen LogP contribution in [0.5, 0.6) is 0 Å². The summed E-state index contributed by atoms with van der Waals surface area (Å²) in [4.78, 5) is 23.7. The number of hydrogen-bond acceptors (Lipinski definition) is 3. The summed E-state index contributed by atoms with van der Waals surface area (Å²) in [5, 5.41) is 2.72. The molecule has 3 rings (SSSR count). The number of anilines is 1. The molecule has 2 aromatic carbocycles. The van der Waals surface area contributed by atoms with Crippen molar-refractivity contribution in [3.05, 3.63) is 70.0 Å². The Morgan fingerprint density at radius 1 is 1.25 bits per heavy atom. The van der Waals surface area contributed by atoms with Crippen molar-refractivity contribution in [2.75, 3.05) is 5.32 Å². The second-order valence-electron chi connectivity index (χ2n) is 5.41. The van der Waals surface area contributed by atoms with Gasteiger partial charge in [0.25, 0.3) is 5.91 Å². The molecule has 122 valence electrons. The lowest BCUT2D eigenvalue weighted by Gasteiger charge is -2.06. The Morgan fingerprint density at radius 2 is 2.00 bits per heavy atom. The summed E-state index contributed by atoms with van der Waals surface area (Å²) in [6.07, 6.45) is 1.48. The number of rotatable bonds is 3. The van der Waals surface area contributed by atoms with Crippen molar-refractivity contribution in [2.24, 2.45) is 7.05 Å². The molecule has 0 aliphatic carbocycles. The third-order valence-electron chi connectivity index (χ3n) is 3.68. The van der Waals surface area contributed by atoms with Gasteiger partial charge in [0.2, 0.25) is 0 Å². The van der Waals surface area contributed by atoms with Crippen LogP contribution >= 0.6 is 0 Å². The Hall–Kier alpha value is -3.15. The van der Waals surface area contributed by atoms with Crippen LogP contribution in [-0.4, -0.2) is 10.5 Å². The Kier molecular flexibility index (Phi) is 4.04. The van der Waals surface area contributed by atoms with Crippen LogP contribution in [-0.2, 0) is 11.8 Å². The van der Waals surface area contributed by atoms with E-state index < -0.39 is 5.76 Å². The highest BCUT2D eigenvalue weighted by Crippen LogP contribution is 2.19. The average Bonchev–Trinajstić information content (AvgIpc) is 2.84. The molecule has 1 aromatic heterocycles. The summed E-state index contributed by atoms with van der Waals surface area (Å²) in [7, 11) is 1.59. The molecule has 0 spiro atoms. The van der Waals surface area contributed by atoms with Crippen molar-refractivity contribution in [3.8, 4) is 0 Å². The maximum absolute atomic E-state index is 13.6. The van der Waals surface area contributed by atoms with Gasteiger partial charge in [-0.1, -0.05) is 18.2 Å². The van der Waals surface area contributed by atoms with E-state index in [1.165, 1.54) is 16.7 Å². The molecule has 0 aliphatic heterocycles. The molecule has 0 aliphatic rings. The van der Waals surface area contributed by atoms with E-state index in [1.807, 2.05) is 0 Å². The van der Waals surface area contributed by atoms with Gasteiger partial charge in [-0.15, -0.1) is 0 Å². The largest absolute Gasteiger partial charge is 0.419 e. The third-order valence-corrected chi connectivity index (χ3v) is 3.68. The fourth-order valence-electron chi connectivity index (χ4n) is 2.33. The van der Waals surface area contributed by atoms with Gasteiger partial charge in [0.15, 0.2) is 5.58 Å². The van der Waals surface area contributed by atoms with E-state index in [0.29, 0.717) is 27.9 Å². The summed E-state index contributed by atoms with van der Waals surface area (Å²) < 4.78 is 20.0. The van der Waals surface area contributed by atoms with Crippen LogP contribution in [0.1, 0.15) is 12.5 Å². The van der Waals surface area contributed by atoms with Crippen LogP contribution in [0.4, 0.5) is 10.1 Å². The number of aryl methyl sites for hydroxylation is 1. The second-order valence-corrected chi connectivity index (χ2v) is 5.41. The SMILES string of the molecule is C/C(=C\c1ccccc1F)C(=O)Nc1ccc2oc(=O)n(C)c2c1. The lowest BCUT2D eigenvalue weighted by atomic mass is 10.1. The van der Waals surface area contributed by atoms with Gasteiger partial charge in [-0.25, -0.2) is 9.18 Å². The van der Waals surface area contributed by atoms with Crippen LogP contribution in [0, 0.1) is 5.82 Å². The number of oxazole rings is 1. The minimum atomic E-state index is -0.468. The Labute approximate surface area is 137 Å². The van der Waals surface area contributed by atoms with E-state index in [-0.39, 0.29) is 11.7 Å². The van der Waals surface area contributed by atoms with Gasteiger partial charge in [0.05, 0.1) is 5.52 Å². The smallest absolute Gasteiger partial charge is 0.408 e. The third kappa shape index (κ3) is 2.99. The first-order valence-electron chi connectivity index (χ1n) is 7.29. The highest BCUT2D eigenvalue weighted by atomic mass is 19.1. The maximum atomic E-state index is 13.6. The van der Waals surface area contributed by atoms with Crippen molar-refractivity contribution >= 4 is 28.8 Å². The fraction of sp³-hybridized carbons (Fsp3) is 0.111. The van der Waals surface area contributed by atoms with Crippen molar-refractivity contribution < 1.29 is 13.6 Å². The number of benzene rings is 2. The molecular formula is C18H15FN2O3. The number of hydrogen-bond donors (Lipinski definition) is 1. The predicted octanol–water partition coefficient (Wildman–Crippen LogP) is 3.31. The number of fused-ring (bicyclic) bond motifs is 1. The van der Waals surface area contributed by atoms with Gasteiger partial charge in [-0.05, 0) is 37.3 Å². The zero-order chi connectivity index (χ0) is 17.3. The minimum Gasteiger partial charge on any atom is -0.408 e. The zero-order valence-electron chi connectivity index (χ0n) is 13.2. The number of carbonyl (C=O) groups is 1. The molecule has 1 amide bonds. The van der Waals surface area contributed by atoms with E-state index >= 15 is 0 Å². The summed E-state index contributed by atoms with van der Waals surface area (Å²) >= 11 is 0. The lowest BCUT2D eigenvalue weighted by molar-refractivity contribution is -0.112. The molecule has 6 heteroatoms. The molecule has 5 nitrogen and oxygen atoms in total. The number of carbonyl (C=O) groups excluding carboxylic acids is 1. The van der Waals surface area contributed by atoms with E-state index in [0.717, 1.165) is 0 Å². The Balaban J connectivity index is 1.85. The molecule has 0 radical (unpaired) electrons. The molecule has 24 heavy (non-hydrogen) atoms. The molecule has 0 fully saturated rings. The first-order chi connectivity index (χ1) is 11.5. The number of halogens is 1. The predicted molar refractivity (Wildman–Crippen MR) is 90.1 cm³/mol. The van der Waals surface area contributed by atoms with E-state index in [4.69, 9.17) is 4.42 Å². The summed E-state index contributed by atoms with van der Waals surface area (Å²) in [6, 6.07) is 11.1. The zero-order valence-corrected chi connectivity index (χ0v) is 13.2. The van der Waals surface area contributed by atoms with Gasteiger partial charge in [0.1, 0.15) is 5.82 Å². The van der Waals surface area contributed by atoms with Crippen LogP contribution in [0.25, 0.3) is 17.2 Å². The molecule has 3 aromatic rings. The molecule has 0 atom stereocenters. The van der Waals surface area contributed by atoms with Crippen LogP contribution in [0.2, 0.25) is 0 Å². The monoisotopic (exact) mass is 326 g/mol. The molecule has 0 saturated carbocycles. The fourth-order valence-corrected chi connectivity index (χ4v) is 2.33. The molecule has 1 N–H and O–H groups in total. The molecule has 0 bridgehead atoms. The molecule has 1 heterocycles. The molecule has 0 saturated heterocycles. The lowest BCUT2D eigenvalue weighted by Crippen LogP contribution is -2.13. The maximum Gasteiger partial charge on any atom is 0.419 e. The van der Waals surface area contributed by atoms with Crippen molar-refractivity contribution in [1.82, 2.24) is 4.57 Å². The highest BCUT2D eigenvalue weighted by molar-refractivity contribution is 6.06. The van der Waals surface area contributed by atoms with Gasteiger partial charge in [0, 0.05) is 23.9 Å². The highest BCUT2D eigenvalue weighted by Gasteiger charge is 2.10. The van der Waals surface area contributed by atoms with E-state index in [1.54, 1.807) is 50.4 Å². The van der Waals surface area contributed by atoms with Crippen molar-refractivity contribution in [1.29, 1.82) is 0 Å². The Bertz CT molecular complexity index is 1010. The van der Waals surface area contributed by atoms with E-state index in [9.17, 15) is 14.0 Å². The van der Waals surface area contributed by atoms with E-state index in [2.05, 4.69) is 5.32 Å². The normalized spacial score (nSPS) is 11.7. The minimum absolute atomic E-state index is 0.345. The van der Waals surface area contributed by atoms with Crippen molar-refractivity contribution in [2.45, 2.75) is 6.92 Å². The summed E-state index contributed by atoms with van der Waals surface area (Å²) in [5.41, 5.74) is 2.25. The van der Waals surface area contributed by atoms with Crippen LogP contribution < -0.4 is 11.1 Å². The van der Waals surface area contributed by atoms with Gasteiger partial charge in [-0.2, -0.15) is 0 Å². The summed E-state index contributed by atoms with van der Waals surface area (Å²) in [6.45, 7) is 1.61. The molecular weight excluding hydrogens is 311 g/mol. The second kappa shape index (κ2) is 6.16. The standard InChI is InChI=1S/C18H15FN2O3/c1-11(9-12-5-3-4-6-14(12)19)17(22)20-13-7-8-16-15(10-13)21(2)18(23)24-16/h3-10H,1-2H3,(H,20,22)/b11-9+. The topological polar surface area (TPSA) is 64.2 Å². The number of amides is 1.